The molecule has 2 N–H and O–H groups in total. The van der Waals surface area contributed by atoms with Crippen LogP contribution < -0.4 is 10.9 Å². The predicted molar refractivity (Wildman–Crippen MR) is 106 cm³/mol. The topological polar surface area (TPSA) is 76.0 Å². The number of amides is 2. The Balaban J connectivity index is 1.55. The highest BCUT2D eigenvalue weighted by Crippen LogP contribution is 2.20. The number of carbonyl (C=O) groups is 2. The molecule has 27 heavy (non-hydrogen) atoms. The Labute approximate surface area is 165 Å². The lowest BCUT2D eigenvalue weighted by Gasteiger charge is -2.10. The lowest BCUT2D eigenvalue weighted by atomic mass is 10.2. The summed E-state index contributed by atoms with van der Waals surface area (Å²) < 4.78 is 1.91. The summed E-state index contributed by atoms with van der Waals surface area (Å²) in [5.74, 6) is -0.717. The van der Waals surface area contributed by atoms with E-state index >= 15 is 0 Å². The highest BCUT2D eigenvalue weighted by Gasteiger charge is 2.12. The molecule has 0 saturated heterocycles. The van der Waals surface area contributed by atoms with Gasteiger partial charge in [0.05, 0.1) is 16.3 Å². The SMILES string of the molecule is Cc1cccc(-n2ccnc2SCC(=O)NNC(=O)c2ccccc2Cl)c1. The molecule has 0 saturated carbocycles. The summed E-state index contributed by atoms with van der Waals surface area (Å²) in [7, 11) is 0. The molecule has 3 rings (SSSR count). The van der Waals surface area contributed by atoms with Crippen LogP contribution in [0.3, 0.4) is 0 Å². The minimum Gasteiger partial charge on any atom is -0.295 e. The first-order chi connectivity index (χ1) is 13.0. The second-order valence-electron chi connectivity index (χ2n) is 5.69. The number of thioether (sulfide) groups is 1. The second kappa shape index (κ2) is 8.75. The van der Waals surface area contributed by atoms with Crippen molar-refractivity contribution in [3.63, 3.8) is 0 Å². The number of benzene rings is 2. The lowest BCUT2D eigenvalue weighted by molar-refractivity contribution is -0.119. The fraction of sp³-hybridized carbons (Fsp3) is 0.105. The van der Waals surface area contributed by atoms with Gasteiger partial charge in [-0.3, -0.25) is 25.0 Å². The zero-order valence-corrected chi connectivity index (χ0v) is 16.1. The number of nitrogens with zero attached hydrogens (tertiary/aromatic N) is 2. The van der Waals surface area contributed by atoms with E-state index in [0.29, 0.717) is 15.7 Å². The zero-order chi connectivity index (χ0) is 19.2. The molecule has 2 aromatic carbocycles. The highest BCUT2D eigenvalue weighted by atomic mass is 35.5. The van der Waals surface area contributed by atoms with Crippen LogP contribution in [0.4, 0.5) is 0 Å². The van der Waals surface area contributed by atoms with Crippen molar-refractivity contribution in [1.82, 2.24) is 20.4 Å². The largest absolute Gasteiger partial charge is 0.295 e. The van der Waals surface area contributed by atoms with Crippen molar-refractivity contribution in [2.45, 2.75) is 12.1 Å². The van der Waals surface area contributed by atoms with E-state index in [9.17, 15) is 9.59 Å². The quantitative estimate of drug-likeness (QED) is 0.508. The van der Waals surface area contributed by atoms with E-state index in [1.807, 2.05) is 42.0 Å². The molecule has 0 spiro atoms. The van der Waals surface area contributed by atoms with Crippen LogP contribution in [0.2, 0.25) is 5.02 Å². The van der Waals surface area contributed by atoms with Crippen molar-refractivity contribution in [2.75, 3.05) is 5.75 Å². The molecule has 0 aliphatic rings. The fourth-order valence-corrected chi connectivity index (χ4v) is 3.37. The molecule has 0 bridgehead atoms. The van der Waals surface area contributed by atoms with Crippen molar-refractivity contribution < 1.29 is 9.59 Å². The highest BCUT2D eigenvalue weighted by molar-refractivity contribution is 7.99. The smallest absolute Gasteiger partial charge is 0.271 e. The molecule has 8 heteroatoms. The Morgan fingerprint density at radius 3 is 2.74 bits per heavy atom. The van der Waals surface area contributed by atoms with E-state index in [1.165, 1.54) is 11.8 Å². The summed E-state index contributed by atoms with van der Waals surface area (Å²) in [6.45, 7) is 2.02. The van der Waals surface area contributed by atoms with E-state index in [1.54, 1.807) is 30.5 Å². The van der Waals surface area contributed by atoms with Gasteiger partial charge in [0.15, 0.2) is 5.16 Å². The van der Waals surface area contributed by atoms with Gasteiger partial charge in [-0.2, -0.15) is 0 Å². The van der Waals surface area contributed by atoms with Crippen molar-refractivity contribution in [2.24, 2.45) is 0 Å². The van der Waals surface area contributed by atoms with Crippen LogP contribution in [0.1, 0.15) is 15.9 Å². The molecule has 1 aromatic heterocycles. The molecule has 3 aromatic rings. The Morgan fingerprint density at radius 2 is 1.96 bits per heavy atom. The summed E-state index contributed by atoms with van der Waals surface area (Å²) >= 11 is 7.24. The molecule has 0 fully saturated rings. The third-order valence-electron chi connectivity index (χ3n) is 3.65. The van der Waals surface area contributed by atoms with Gasteiger partial charge in [-0.15, -0.1) is 0 Å². The molecular weight excluding hydrogens is 384 g/mol. The molecule has 6 nitrogen and oxygen atoms in total. The Morgan fingerprint density at radius 1 is 1.15 bits per heavy atom. The van der Waals surface area contributed by atoms with Crippen molar-refractivity contribution in [1.29, 1.82) is 0 Å². The van der Waals surface area contributed by atoms with Gasteiger partial charge in [0.1, 0.15) is 0 Å². The predicted octanol–water partition coefficient (Wildman–Crippen LogP) is 3.39. The van der Waals surface area contributed by atoms with Crippen molar-refractivity contribution >= 4 is 35.2 Å². The second-order valence-corrected chi connectivity index (χ2v) is 7.04. The van der Waals surface area contributed by atoms with Gasteiger partial charge in [0.2, 0.25) is 5.91 Å². The normalized spacial score (nSPS) is 10.4. The molecule has 2 amide bonds. The average molecular weight is 401 g/mol. The molecule has 138 valence electrons. The van der Waals surface area contributed by atoms with Gasteiger partial charge in [-0.1, -0.05) is 47.6 Å². The summed E-state index contributed by atoms with van der Waals surface area (Å²) in [4.78, 5) is 28.4. The maximum Gasteiger partial charge on any atom is 0.271 e. The molecule has 0 atom stereocenters. The maximum absolute atomic E-state index is 12.0. The van der Waals surface area contributed by atoms with Gasteiger partial charge in [-0.25, -0.2) is 4.98 Å². The minimum atomic E-state index is -0.472. The first-order valence-corrected chi connectivity index (χ1v) is 9.48. The first-order valence-electron chi connectivity index (χ1n) is 8.11. The molecule has 0 aliphatic carbocycles. The van der Waals surface area contributed by atoms with Crippen LogP contribution in [0.15, 0.2) is 66.1 Å². The van der Waals surface area contributed by atoms with Gasteiger partial charge in [0, 0.05) is 18.1 Å². The maximum atomic E-state index is 12.0. The van der Waals surface area contributed by atoms with E-state index in [4.69, 9.17) is 11.6 Å². The fourth-order valence-electron chi connectivity index (χ4n) is 2.38. The standard InChI is InChI=1S/C19H17ClN4O2S/c1-13-5-4-6-14(11-13)24-10-9-21-19(24)27-12-17(25)22-23-18(26)15-7-2-3-8-16(15)20/h2-11H,12H2,1H3,(H,22,25)(H,23,26). The van der Waals surface area contributed by atoms with Crippen LogP contribution >= 0.6 is 23.4 Å². The Bertz CT molecular complexity index is 974. The van der Waals surface area contributed by atoms with Gasteiger partial charge >= 0.3 is 0 Å². The third kappa shape index (κ3) is 4.90. The number of hydrogen-bond donors (Lipinski definition) is 2. The monoisotopic (exact) mass is 400 g/mol. The van der Waals surface area contributed by atoms with Gasteiger partial charge in [0.25, 0.3) is 5.91 Å². The van der Waals surface area contributed by atoms with Crippen molar-refractivity contribution in [3.05, 3.63) is 77.1 Å². The molecular formula is C19H17ClN4O2S. The summed E-state index contributed by atoms with van der Waals surface area (Å²) in [6.07, 6.45) is 3.52. The Kier molecular flexibility index (Phi) is 6.16. The molecule has 0 radical (unpaired) electrons. The minimum absolute atomic E-state index is 0.103. The summed E-state index contributed by atoms with van der Waals surface area (Å²) in [6, 6.07) is 14.6. The van der Waals surface area contributed by atoms with Crippen molar-refractivity contribution in [3.8, 4) is 5.69 Å². The number of halogens is 1. The molecule has 1 heterocycles. The van der Waals surface area contributed by atoms with E-state index in [0.717, 1.165) is 11.3 Å². The molecule has 0 unspecified atom stereocenters. The van der Waals surface area contributed by atoms with Gasteiger partial charge in [-0.05, 0) is 36.8 Å². The number of aryl methyl sites for hydroxylation is 1. The van der Waals surface area contributed by atoms with Crippen LogP contribution in [0.5, 0.6) is 0 Å². The van der Waals surface area contributed by atoms with E-state index < -0.39 is 5.91 Å². The number of rotatable bonds is 5. The van der Waals surface area contributed by atoms with Crippen LogP contribution in [-0.2, 0) is 4.79 Å². The molecule has 0 aliphatic heterocycles. The first kappa shape index (κ1) is 19.0. The number of carbonyl (C=O) groups excluding carboxylic acids is 2. The van der Waals surface area contributed by atoms with E-state index in [2.05, 4.69) is 15.8 Å². The number of nitrogens with one attached hydrogen (secondary N) is 2. The van der Waals surface area contributed by atoms with Crippen LogP contribution in [0, 0.1) is 6.92 Å². The van der Waals surface area contributed by atoms with Crippen LogP contribution in [-0.4, -0.2) is 27.1 Å². The average Bonchev–Trinajstić information content (AvgIpc) is 3.13. The van der Waals surface area contributed by atoms with Gasteiger partial charge < -0.3 is 0 Å². The van der Waals surface area contributed by atoms with Crippen LogP contribution in [0.25, 0.3) is 5.69 Å². The summed E-state index contributed by atoms with van der Waals surface area (Å²) in [5.41, 5.74) is 7.15. The number of hydrogen-bond acceptors (Lipinski definition) is 4. The Hall–Kier alpha value is -2.77. The number of hydrazine groups is 1. The lowest BCUT2D eigenvalue weighted by Crippen LogP contribution is -2.42. The van der Waals surface area contributed by atoms with E-state index in [-0.39, 0.29) is 11.7 Å². The third-order valence-corrected chi connectivity index (χ3v) is 4.95. The number of imidazole rings is 1. The zero-order valence-electron chi connectivity index (χ0n) is 14.5. The summed E-state index contributed by atoms with van der Waals surface area (Å²) in [5, 5.41) is 1.01. The number of aromatic nitrogens is 2.